The third-order valence-electron chi connectivity index (χ3n) is 3.58. The summed E-state index contributed by atoms with van der Waals surface area (Å²) in [6, 6.07) is 14.7. The van der Waals surface area contributed by atoms with E-state index < -0.39 is 0 Å². The molecule has 0 amide bonds. The first kappa shape index (κ1) is 15.9. The van der Waals surface area contributed by atoms with Gasteiger partial charge < -0.3 is 10.1 Å². The molecular weight excluding hydrogens is 282 g/mol. The molecule has 0 aliphatic heterocycles. The number of halogens is 1. The third-order valence-corrected chi connectivity index (χ3v) is 3.91. The van der Waals surface area contributed by atoms with E-state index in [9.17, 15) is 0 Å². The summed E-state index contributed by atoms with van der Waals surface area (Å²) in [5, 5.41) is 4.35. The van der Waals surface area contributed by atoms with Crippen molar-refractivity contribution in [2.45, 2.75) is 26.3 Å². The van der Waals surface area contributed by atoms with Crippen LogP contribution in [-0.4, -0.2) is 13.7 Å². The standard InChI is InChI=1S/C18H22ClNO/c1-4-20-18(16-10-5-13(2)11-17(16)19)12-14-6-8-15(21-3)9-7-14/h5-11,18,20H,4,12H2,1-3H3. The highest BCUT2D eigenvalue weighted by Crippen LogP contribution is 2.27. The van der Waals surface area contributed by atoms with Gasteiger partial charge in [-0.2, -0.15) is 0 Å². The van der Waals surface area contributed by atoms with Gasteiger partial charge in [0, 0.05) is 11.1 Å². The molecule has 0 radical (unpaired) electrons. The molecule has 0 heterocycles. The highest BCUT2D eigenvalue weighted by atomic mass is 35.5. The molecule has 3 heteroatoms. The maximum Gasteiger partial charge on any atom is 0.118 e. The van der Waals surface area contributed by atoms with E-state index in [2.05, 4.69) is 43.4 Å². The number of ether oxygens (including phenoxy) is 1. The van der Waals surface area contributed by atoms with Crippen LogP contribution in [-0.2, 0) is 6.42 Å². The topological polar surface area (TPSA) is 21.3 Å². The average Bonchev–Trinajstić information content (AvgIpc) is 2.48. The van der Waals surface area contributed by atoms with Crippen molar-refractivity contribution in [2.24, 2.45) is 0 Å². The first-order valence-electron chi connectivity index (χ1n) is 7.26. The second-order valence-electron chi connectivity index (χ2n) is 5.19. The fourth-order valence-electron chi connectivity index (χ4n) is 2.45. The Bertz CT molecular complexity index is 580. The predicted octanol–water partition coefficient (Wildman–Crippen LogP) is 4.55. The van der Waals surface area contributed by atoms with Crippen LogP contribution in [0.5, 0.6) is 5.75 Å². The fourth-order valence-corrected chi connectivity index (χ4v) is 2.82. The van der Waals surface area contributed by atoms with Gasteiger partial charge in [0.15, 0.2) is 0 Å². The SMILES string of the molecule is CCNC(Cc1ccc(OC)cc1)c1ccc(C)cc1Cl. The Morgan fingerprint density at radius 1 is 1.14 bits per heavy atom. The lowest BCUT2D eigenvalue weighted by atomic mass is 9.98. The summed E-state index contributed by atoms with van der Waals surface area (Å²) in [5.41, 5.74) is 3.60. The Morgan fingerprint density at radius 3 is 2.43 bits per heavy atom. The maximum atomic E-state index is 6.41. The molecule has 0 spiro atoms. The molecule has 2 aromatic rings. The first-order valence-corrected chi connectivity index (χ1v) is 7.64. The Labute approximate surface area is 132 Å². The normalized spacial score (nSPS) is 12.2. The fraction of sp³-hybridized carbons (Fsp3) is 0.333. The number of rotatable bonds is 6. The average molecular weight is 304 g/mol. The van der Waals surface area contributed by atoms with Crippen molar-refractivity contribution in [2.75, 3.05) is 13.7 Å². The minimum Gasteiger partial charge on any atom is -0.497 e. The summed E-state index contributed by atoms with van der Waals surface area (Å²) < 4.78 is 5.20. The van der Waals surface area contributed by atoms with Crippen LogP contribution in [0.1, 0.15) is 29.7 Å². The van der Waals surface area contributed by atoms with Crippen molar-refractivity contribution in [3.8, 4) is 5.75 Å². The molecule has 2 rings (SSSR count). The highest BCUT2D eigenvalue weighted by molar-refractivity contribution is 6.31. The van der Waals surface area contributed by atoms with E-state index in [1.165, 1.54) is 11.1 Å². The van der Waals surface area contributed by atoms with Gasteiger partial charge in [0.1, 0.15) is 5.75 Å². The minimum absolute atomic E-state index is 0.219. The van der Waals surface area contributed by atoms with Gasteiger partial charge in [0.05, 0.1) is 7.11 Å². The summed E-state index contributed by atoms with van der Waals surface area (Å²) in [6.07, 6.45) is 0.903. The van der Waals surface area contributed by atoms with E-state index in [-0.39, 0.29) is 6.04 Å². The first-order chi connectivity index (χ1) is 10.1. The second-order valence-corrected chi connectivity index (χ2v) is 5.59. The van der Waals surface area contributed by atoms with E-state index in [0.29, 0.717) is 0 Å². The zero-order chi connectivity index (χ0) is 15.2. The van der Waals surface area contributed by atoms with Gasteiger partial charge >= 0.3 is 0 Å². The predicted molar refractivity (Wildman–Crippen MR) is 89.3 cm³/mol. The molecule has 1 atom stereocenters. The van der Waals surface area contributed by atoms with E-state index >= 15 is 0 Å². The van der Waals surface area contributed by atoms with Crippen LogP contribution in [0.25, 0.3) is 0 Å². The van der Waals surface area contributed by atoms with Gasteiger partial charge in [0.25, 0.3) is 0 Å². The summed E-state index contributed by atoms with van der Waals surface area (Å²) in [7, 11) is 1.68. The number of hydrogen-bond donors (Lipinski definition) is 1. The Hall–Kier alpha value is -1.51. The third kappa shape index (κ3) is 4.23. The molecule has 0 aliphatic carbocycles. The number of benzene rings is 2. The smallest absolute Gasteiger partial charge is 0.118 e. The Kier molecular flexibility index (Phi) is 5.66. The lowest BCUT2D eigenvalue weighted by molar-refractivity contribution is 0.414. The van der Waals surface area contributed by atoms with Gasteiger partial charge in [-0.3, -0.25) is 0 Å². The van der Waals surface area contributed by atoms with Crippen molar-refractivity contribution in [1.82, 2.24) is 5.32 Å². The zero-order valence-corrected chi connectivity index (χ0v) is 13.6. The molecule has 1 unspecified atom stereocenters. The van der Waals surface area contributed by atoms with Crippen molar-refractivity contribution >= 4 is 11.6 Å². The summed E-state index contributed by atoms with van der Waals surface area (Å²) in [6.45, 7) is 5.08. The van der Waals surface area contributed by atoms with E-state index in [4.69, 9.17) is 16.3 Å². The molecule has 112 valence electrons. The molecule has 0 aliphatic rings. The monoisotopic (exact) mass is 303 g/mol. The van der Waals surface area contributed by atoms with Crippen molar-refractivity contribution < 1.29 is 4.74 Å². The van der Waals surface area contributed by atoms with Crippen LogP contribution in [0.15, 0.2) is 42.5 Å². The lowest BCUT2D eigenvalue weighted by Crippen LogP contribution is -2.23. The Balaban J connectivity index is 2.21. The van der Waals surface area contributed by atoms with Crippen molar-refractivity contribution in [1.29, 1.82) is 0 Å². The minimum atomic E-state index is 0.219. The van der Waals surface area contributed by atoms with E-state index in [1.807, 2.05) is 18.2 Å². The van der Waals surface area contributed by atoms with Gasteiger partial charge in [-0.1, -0.05) is 42.8 Å². The van der Waals surface area contributed by atoms with Gasteiger partial charge in [-0.05, 0) is 54.8 Å². The lowest BCUT2D eigenvalue weighted by Gasteiger charge is -2.20. The van der Waals surface area contributed by atoms with E-state index in [0.717, 1.165) is 29.3 Å². The summed E-state index contributed by atoms with van der Waals surface area (Å²) in [4.78, 5) is 0. The molecule has 0 saturated heterocycles. The van der Waals surface area contributed by atoms with Crippen LogP contribution in [0, 0.1) is 6.92 Å². The second kappa shape index (κ2) is 7.48. The van der Waals surface area contributed by atoms with E-state index in [1.54, 1.807) is 7.11 Å². The summed E-state index contributed by atoms with van der Waals surface area (Å²) in [5.74, 6) is 0.882. The molecule has 21 heavy (non-hydrogen) atoms. The molecule has 0 aromatic heterocycles. The molecule has 2 aromatic carbocycles. The maximum absolute atomic E-state index is 6.41. The molecule has 0 saturated carbocycles. The Morgan fingerprint density at radius 2 is 1.86 bits per heavy atom. The van der Waals surface area contributed by atoms with Crippen LogP contribution < -0.4 is 10.1 Å². The van der Waals surface area contributed by atoms with Gasteiger partial charge in [-0.25, -0.2) is 0 Å². The number of methoxy groups -OCH3 is 1. The summed E-state index contributed by atoms with van der Waals surface area (Å²) >= 11 is 6.41. The molecular formula is C18H22ClNO. The van der Waals surface area contributed by atoms with Crippen LogP contribution >= 0.6 is 11.6 Å². The zero-order valence-electron chi connectivity index (χ0n) is 12.8. The molecule has 0 bridgehead atoms. The van der Waals surface area contributed by atoms with Crippen LogP contribution in [0.3, 0.4) is 0 Å². The van der Waals surface area contributed by atoms with Crippen LogP contribution in [0.4, 0.5) is 0 Å². The van der Waals surface area contributed by atoms with Crippen LogP contribution in [0.2, 0.25) is 5.02 Å². The van der Waals surface area contributed by atoms with Crippen molar-refractivity contribution in [3.05, 3.63) is 64.2 Å². The van der Waals surface area contributed by atoms with Gasteiger partial charge in [0.2, 0.25) is 0 Å². The number of aryl methyl sites for hydroxylation is 1. The number of likely N-dealkylation sites (N-methyl/N-ethyl adjacent to an activating group) is 1. The van der Waals surface area contributed by atoms with Crippen molar-refractivity contribution in [3.63, 3.8) is 0 Å². The molecule has 0 fully saturated rings. The number of hydrogen-bond acceptors (Lipinski definition) is 2. The largest absolute Gasteiger partial charge is 0.497 e. The number of nitrogens with one attached hydrogen (secondary N) is 1. The van der Waals surface area contributed by atoms with Gasteiger partial charge in [-0.15, -0.1) is 0 Å². The quantitative estimate of drug-likeness (QED) is 0.845. The highest BCUT2D eigenvalue weighted by Gasteiger charge is 2.14. The molecule has 2 nitrogen and oxygen atoms in total. The molecule has 1 N–H and O–H groups in total.